The minimum Gasteiger partial charge on any atom is -0.395 e. The molecule has 21 heavy (non-hydrogen) atoms. The highest BCUT2D eigenvalue weighted by Gasteiger charge is 2.19. The number of rotatable bonds is 4. The van der Waals surface area contributed by atoms with Crippen LogP contribution in [0.4, 0.5) is 10.1 Å². The number of hydrogen-bond donors (Lipinski definition) is 2. The first-order chi connectivity index (χ1) is 9.93. The fraction of sp³-hybridized carbons (Fsp3) is 0.286. The Balaban J connectivity index is 2.15. The molecule has 7 heteroatoms. The smallest absolute Gasteiger partial charge is 0.271 e. The Hall–Kier alpha value is -1.89. The van der Waals surface area contributed by atoms with Crippen LogP contribution in [0.2, 0.25) is 0 Å². The number of hydrogen-bond acceptors (Lipinski definition) is 3. The lowest BCUT2D eigenvalue weighted by molar-refractivity contribution is 0.0942. The van der Waals surface area contributed by atoms with Gasteiger partial charge in [0.25, 0.3) is 5.91 Å². The number of aromatic nitrogens is 2. The number of nitrogens with one attached hydrogen (secondary N) is 1. The van der Waals surface area contributed by atoms with Gasteiger partial charge in [0, 0.05) is 23.6 Å². The molecule has 0 saturated heterocycles. The monoisotopic (exact) mass is 354 g/mol. The van der Waals surface area contributed by atoms with Gasteiger partial charge in [-0.25, -0.2) is 4.39 Å². The molecule has 0 bridgehead atoms. The molecular weight excluding hydrogens is 339 g/mol. The van der Waals surface area contributed by atoms with Crippen LogP contribution in [-0.2, 0) is 20.0 Å². The van der Waals surface area contributed by atoms with Crippen LogP contribution in [0.15, 0.2) is 22.7 Å². The van der Waals surface area contributed by atoms with Gasteiger partial charge in [-0.3, -0.25) is 9.48 Å². The van der Waals surface area contributed by atoms with E-state index in [4.69, 9.17) is 5.73 Å². The summed E-state index contributed by atoms with van der Waals surface area (Å²) in [6, 6.07) is 4.58. The normalized spacial score (nSPS) is 10.7. The van der Waals surface area contributed by atoms with E-state index in [2.05, 4.69) is 26.3 Å². The standard InChI is InChI=1S/C14H16BrFN4O/c1-3-11-12(17)13(20(2)19-11)14(21)18-7-8-6-9(15)4-5-10(8)16/h4-6H,3,7,17H2,1-2H3,(H,18,21). The van der Waals surface area contributed by atoms with Crippen molar-refractivity contribution in [3.8, 4) is 0 Å². The molecule has 1 amide bonds. The molecule has 0 aliphatic rings. The van der Waals surface area contributed by atoms with Gasteiger partial charge in [-0.05, 0) is 24.6 Å². The molecular formula is C14H16BrFN4O. The van der Waals surface area contributed by atoms with E-state index in [-0.39, 0.29) is 18.3 Å². The van der Waals surface area contributed by atoms with Gasteiger partial charge in [-0.15, -0.1) is 0 Å². The Morgan fingerprint density at radius 2 is 2.24 bits per heavy atom. The van der Waals surface area contributed by atoms with E-state index in [1.54, 1.807) is 19.2 Å². The molecule has 1 aromatic carbocycles. The number of nitrogens with two attached hydrogens (primary N) is 1. The lowest BCUT2D eigenvalue weighted by Gasteiger charge is -2.08. The highest BCUT2D eigenvalue weighted by molar-refractivity contribution is 9.10. The van der Waals surface area contributed by atoms with Crippen molar-refractivity contribution < 1.29 is 9.18 Å². The molecule has 0 saturated carbocycles. The van der Waals surface area contributed by atoms with Crippen molar-refractivity contribution in [3.63, 3.8) is 0 Å². The van der Waals surface area contributed by atoms with Crippen molar-refractivity contribution in [3.05, 3.63) is 45.4 Å². The number of nitrogens with zero attached hydrogens (tertiary/aromatic N) is 2. The van der Waals surface area contributed by atoms with Crippen LogP contribution in [0.25, 0.3) is 0 Å². The van der Waals surface area contributed by atoms with Crippen molar-refractivity contribution in [2.75, 3.05) is 5.73 Å². The molecule has 2 aromatic rings. The number of carbonyl (C=O) groups excluding carboxylic acids is 1. The summed E-state index contributed by atoms with van der Waals surface area (Å²) in [5, 5.41) is 6.85. The zero-order chi connectivity index (χ0) is 15.6. The summed E-state index contributed by atoms with van der Waals surface area (Å²) in [4.78, 5) is 12.2. The summed E-state index contributed by atoms with van der Waals surface area (Å²) < 4.78 is 15.8. The second-order valence-corrected chi connectivity index (χ2v) is 5.52. The van der Waals surface area contributed by atoms with E-state index >= 15 is 0 Å². The minimum atomic E-state index is -0.374. The van der Waals surface area contributed by atoms with Crippen LogP contribution in [-0.4, -0.2) is 15.7 Å². The fourth-order valence-corrected chi connectivity index (χ4v) is 2.47. The van der Waals surface area contributed by atoms with Crippen molar-refractivity contribution in [2.45, 2.75) is 19.9 Å². The highest BCUT2D eigenvalue weighted by Crippen LogP contribution is 2.18. The quantitative estimate of drug-likeness (QED) is 0.885. The molecule has 0 unspecified atom stereocenters. The summed E-state index contributed by atoms with van der Waals surface area (Å²) in [6.07, 6.45) is 0.646. The number of carbonyl (C=O) groups is 1. The molecule has 2 rings (SSSR count). The van der Waals surface area contributed by atoms with E-state index in [1.807, 2.05) is 6.92 Å². The third-order valence-corrected chi connectivity index (χ3v) is 3.65. The van der Waals surface area contributed by atoms with Crippen molar-refractivity contribution >= 4 is 27.5 Å². The summed E-state index contributed by atoms with van der Waals surface area (Å²) >= 11 is 3.27. The van der Waals surface area contributed by atoms with E-state index in [9.17, 15) is 9.18 Å². The number of aryl methyl sites for hydroxylation is 2. The zero-order valence-corrected chi connectivity index (χ0v) is 13.4. The molecule has 0 atom stereocenters. The average molecular weight is 355 g/mol. The average Bonchev–Trinajstić information content (AvgIpc) is 2.74. The molecule has 0 radical (unpaired) electrons. The SMILES string of the molecule is CCc1nn(C)c(C(=O)NCc2cc(Br)ccc2F)c1N. The van der Waals surface area contributed by atoms with Crippen LogP contribution in [0.3, 0.4) is 0 Å². The molecule has 1 heterocycles. The molecule has 0 aliphatic carbocycles. The van der Waals surface area contributed by atoms with Gasteiger partial charge in [-0.2, -0.15) is 5.10 Å². The van der Waals surface area contributed by atoms with Gasteiger partial charge >= 0.3 is 0 Å². The van der Waals surface area contributed by atoms with Crippen LogP contribution in [0, 0.1) is 5.82 Å². The fourth-order valence-electron chi connectivity index (χ4n) is 2.06. The van der Waals surface area contributed by atoms with Crippen LogP contribution < -0.4 is 11.1 Å². The van der Waals surface area contributed by atoms with Gasteiger partial charge in [0.1, 0.15) is 11.5 Å². The molecule has 0 spiro atoms. The predicted octanol–water partition coefficient (Wildman–Crippen LogP) is 2.40. The molecule has 0 fully saturated rings. The topological polar surface area (TPSA) is 72.9 Å². The predicted molar refractivity (Wildman–Crippen MR) is 82.3 cm³/mol. The molecule has 5 nitrogen and oxygen atoms in total. The van der Waals surface area contributed by atoms with Crippen LogP contribution in [0.1, 0.15) is 28.7 Å². The van der Waals surface area contributed by atoms with E-state index in [0.717, 1.165) is 4.47 Å². The van der Waals surface area contributed by atoms with Gasteiger partial charge < -0.3 is 11.1 Å². The number of amides is 1. The van der Waals surface area contributed by atoms with E-state index in [0.29, 0.717) is 29.1 Å². The van der Waals surface area contributed by atoms with Crippen LogP contribution in [0.5, 0.6) is 0 Å². The largest absolute Gasteiger partial charge is 0.395 e. The Kier molecular flexibility index (Phi) is 4.62. The highest BCUT2D eigenvalue weighted by atomic mass is 79.9. The second kappa shape index (κ2) is 6.26. The summed E-state index contributed by atoms with van der Waals surface area (Å²) in [6.45, 7) is 1.99. The zero-order valence-electron chi connectivity index (χ0n) is 11.8. The van der Waals surface area contributed by atoms with Crippen molar-refractivity contribution in [1.82, 2.24) is 15.1 Å². The molecule has 0 aliphatic heterocycles. The third-order valence-electron chi connectivity index (χ3n) is 3.16. The second-order valence-electron chi connectivity index (χ2n) is 4.60. The Bertz CT molecular complexity index is 684. The van der Waals surface area contributed by atoms with Gasteiger partial charge in [0.05, 0.1) is 11.4 Å². The number of benzene rings is 1. The van der Waals surface area contributed by atoms with Crippen LogP contribution >= 0.6 is 15.9 Å². The summed E-state index contributed by atoms with van der Waals surface area (Å²) in [7, 11) is 1.66. The van der Waals surface area contributed by atoms with Crippen molar-refractivity contribution in [2.24, 2.45) is 7.05 Å². The summed E-state index contributed by atoms with van der Waals surface area (Å²) in [5.41, 5.74) is 7.65. The summed E-state index contributed by atoms with van der Waals surface area (Å²) in [5.74, 6) is -0.743. The first-order valence-electron chi connectivity index (χ1n) is 6.47. The number of anilines is 1. The lowest BCUT2D eigenvalue weighted by atomic mass is 10.2. The number of halogens is 2. The van der Waals surface area contributed by atoms with E-state index < -0.39 is 0 Å². The van der Waals surface area contributed by atoms with Crippen molar-refractivity contribution in [1.29, 1.82) is 0 Å². The maximum atomic E-state index is 13.6. The molecule has 3 N–H and O–H groups in total. The first-order valence-corrected chi connectivity index (χ1v) is 7.26. The minimum absolute atomic E-state index is 0.0795. The number of nitrogen functional groups attached to an aromatic ring is 1. The van der Waals surface area contributed by atoms with Gasteiger partial charge in [0.2, 0.25) is 0 Å². The Morgan fingerprint density at radius 1 is 1.52 bits per heavy atom. The van der Waals surface area contributed by atoms with E-state index in [1.165, 1.54) is 10.7 Å². The maximum Gasteiger partial charge on any atom is 0.271 e. The van der Waals surface area contributed by atoms with Gasteiger partial charge in [-0.1, -0.05) is 22.9 Å². The first kappa shape index (κ1) is 15.5. The maximum absolute atomic E-state index is 13.6. The lowest BCUT2D eigenvalue weighted by Crippen LogP contribution is -2.26. The Labute approximate surface area is 130 Å². The third kappa shape index (κ3) is 3.24. The van der Waals surface area contributed by atoms with Gasteiger partial charge in [0.15, 0.2) is 0 Å². The molecule has 1 aromatic heterocycles. The molecule has 112 valence electrons. The Morgan fingerprint density at radius 3 is 2.86 bits per heavy atom.